The minimum absolute atomic E-state index is 0.0000757. The Hall–Kier alpha value is -0.530. The summed E-state index contributed by atoms with van der Waals surface area (Å²) in [5.41, 5.74) is 5.80. The van der Waals surface area contributed by atoms with Crippen LogP contribution in [-0.4, -0.2) is 51.4 Å². The monoisotopic (exact) mass is 351 g/mol. The van der Waals surface area contributed by atoms with Gasteiger partial charge < -0.3 is 10.6 Å². The maximum absolute atomic E-state index is 12.6. The molecule has 0 aliphatic carbocycles. The van der Waals surface area contributed by atoms with Crippen LogP contribution in [0, 0.1) is 5.92 Å². The van der Waals surface area contributed by atoms with E-state index in [0.29, 0.717) is 12.5 Å². The van der Waals surface area contributed by atoms with Crippen molar-refractivity contribution in [3.8, 4) is 0 Å². The molecule has 2 N–H and O–H groups in total. The smallest absolute Gasteiger partial charge is 0.244 e. The molecule has 5 nitrogen and oxygen atoms in total. The van der Waals surface area contributed by atoms with E-state index >= 15 is 0 Å². The van der Waals surface area contributed by atoms with Gasteiger partial charge in [0.1, 0.15) is 4.90 Å². The van der Waals surface area contributed by atoms with Crippen molar-refractivity contribution in [1.82, 2.24) is 9.21 Å². The lowest BCUT2D eigenvalue weighted by Crippen LogP contribution is -2.33. The molecular formula is C13H19Cl2N3O2S. The molecule has 1 aromatic carbocycles. The molecule has 0 aromatic heterocycles. The van der Waals surface area contributed by atoms with Gasteiger partial charge in [-0.05, 0) is 38.1 Å². The second-order valence-electron chi connectivity index (χ2n) is 5.48. The third kappa shape index (κ3) is 3.46. The summed E-state index contributed by atoms with van der Waals surface area (Å²) in [6.07, 6.45) is 0.993. The first-order valence-electron chi connectivity index (χ1n) is 6.62. The molecule has 0 radical (unpaired) electrons. The van der Waals surface area contributed by atoms with Crippen molar-refractivity contribution in [2.45, 2.75) is 11.3 Å². The zero-order valence-electron chi connectivity index (χ0n) is 12.0. The number of likely N-dealkylation sites (tertiary alicyclic amines) is 1. The van der Waals surface area contributed by atoms with E-state index in [1.54, 1.807) is 7.05 Å². The molecule has 1 atom stereocenters. The molecular weight excluding hydrogens is 333 g/mol. The fraction of sp³-hybridized carbons (Fsp3) is 0.538. The fourth-order valence-corrected chi connectivity index (χ4v) is 4.54. The van der Waals surface area contributed by atoms with Crippen molar-refractivity contribution in [1.29, 1.82) is 0 Å². The van der Waals surface area contributed by atoms with Crippen LogP contribution in [0.15, 0.2) is 17.0 Å². The van der Waals surface area contributed by atoms with Gasteiger partial charge in [0, 0.05) is 20.1 Å². The Morgan fingerprint density at radius 1 is 1.43 bits per heavy atom. The van der Waals surface area contributed by atoms with Crippen LogP contribution in [-0.2, 0) is 10.0 Å². The van der Waals surface area contributed by atoms with Crippen LogP contribution < -0.4 is 5.73 Å². The Labute approximate surface area is 135 Å². The van der Waals surface area contributed by atoms with Gasteiger partial charge >= 0.3 is 0 Å². The lowest BCUT2D eigenvalue weighted by Gasteiger charge is -2.22. The molecule has 0 amide bonds. The Balaban J connectivity index is 2.23. The molecule has 1 saturated heterocycles. The molecule has 1 heterocycles. The number of nitrogens with two attached hydrogens (primary N) is 1. The average Bonchev–Trinajstić information content (AvgIpc) is 2.81. The molecule has 1 unspecified atom stereocenters. The number of sulfonamides is 1. The number of hydrogen-bond acceptors (Lipinski definition) is 4. The standard InChI is InChI=1S/C13H19Cl2N3O2S/c1-17-6-5-9(7-17)8-18(2)21(19,20)11-4-3-10(14)13(16)12(11)15/h3-4,9H,5-8,16H2,1-2H3. The number of hydrogen-bond donors (Lipinski definition) is 1. The Morgan fingerprint density at radius 2 is 2.10 bits per heavy atom. The third-order valence-corrected chi connectivity index (χ3v) is 6.50. The highest BCUT2D eigenvalue weighted by molar-refractivity contribution is 7.89. The molecule has 118 valence electrons. The van der Waals surface area contributed by atoms with Crippen LogP contribution in [0.25, 0.3) is 0 Å². The summed E-state index contributed by atoms with van der Waals surface area (Å²) in [7, 11) is -0.0724. The fourth-order valence-electron chi connectivity index (χ4n) is 2.55. The van der Waals surface area contributed by atoms with Gasteiger partial charge in [-0.3, -0.25) is 0 Å². The first-order chi connectivity index (χ1) is 9.73. The van der Waals surface area contributed by atoms with E-state index in [1.807, 2.05) is 7.05 Å². The van der Waals surface area contributed by atoms with Gasteiger partial charge in [-0.25, -0.2) is 12.7 Å². The summed E-state index contributed by atoms with van der Waals surface area (Å²) in [6, 6.07) is 2.85. The summed E-state index contributed by atoms with van der Waals surface area (Å²) in [5.74, 6) is 0.332. The summed E-state index contributed by atoms with van der Waals surface area (Å²) < 4.78 is 26.6. The molecule has 2 rings (SSSR count). The summed E-state index contributed by atoms with van der Waals surface area (Å²) in [5, 5.41) is 0.233. The van der Waals surface area contributed by atoms with E-state index in [1.165, 1.54) is 16.4 Å². The Bertz CT molecular complexity index is 637. The SMILES string of the molecule is CN1CCC(CN(C)S(=O)(=O)c2ccc(Cl)c(N)c2Cl)C1. The molecule has 1 aliphatic rings. The number of rotatable bonds is 4. The van der Waals surface area contributed by atoms with Gasteiger partial charge in [0.2, 0.25) is 10.0 Å². The highest BCUT2D eigenvalue weighted by Crippen LogP contribution is 2.34. The molecule has 0 spiro atoms. The van der Waals surface area contributed by atoms with E-state index in [-0.39, 0.29) is 20.6 Å². The second-order valence-corrected chi connectivity index (χ2v) is 8.27. The first kappa shape index (κ1) is 16.8. The summed E-state index contributed by atoms with van der Waals surface area (Å²) in [6.45, 7) is 2.36. The lowest BCUT2D eigenvalue weighted by atomic mass is 10.1. The average molecular weight is 352 g/mol. The van der Waals surface area contributed by atoms with E-state index in [4.69, 9.17) is 28.9 Å². The predicted octanol–water partition coefficient (Wildman–Crippen LogP) is 2.15. The van der Waals surface area contributed by atoms with Gasteiger partial charge in [-0.1, -0.05) is 23.2 Å². The number of benzene rings is 1. The Kier molecular flexibility index (Phi) is 5.05. The first-order valence-corrected chi connectivity index (χ1v) is 8.81. The van der Waals surface area contributed by atoms with Gasteiger partial charge in [-0.15, -0.1) is 0 Å². The molecule has 1 aliphatic heterocycles. The van der Waals surface area contributed by atoms with Crippen LogP contribution in [0.1, 0.15) is 6.42 Å². The molecule has 8 heteroatoms. The van der Waals surface area contributed by atoms with Crippen molar-refractivity contribution < 1.29 is 8.42 Å². The van der Waals surface area contributed by atoms with E-state index in [2.05, 4.69) is 4.90 Å². The molecule has 0 bridgehead atoms. The topological polar surface area (TPSA) is 66.6 Å². The number of halogens is 2. The van der Waals surface area contributed by atoms with Crippen LogP contribution in [0.2, 0.25) is 10.0 Å². The van der Waals surface area contributed by atoms with Gasteiger partial charge in [0.15, 0.2) is 0 Å². The molecule has 1 aromatic rings. The number of nitrogen functional groups attached to an aromatic ring is 1. The summed E-state index contributed by atoms with van der Waals surface area (Å²) >= 11 is 11.9. The van der Waals surface area contributed by atoms with Crippen LogP contribution in [0.5, 0.6) is 0 Å². The van der Waals surface area contributed by atoms with Crippen molar-refractivity contribution in [2.24, 2.45) is 5.92 Å². The van der Waals surface area contributed by atoms with Crippen LogP contribution in [0.3, 0.4) is 0 Å². The van der Waals surface area contributed by atoms with Crippen molar-refractivity contribution in [2.75, 3.05) is 39.5 Å². The molecule has 21 heavy (non-hydrogen) atoms. The predicted molar refractivity (Wildman–Crippen MR) is 86.3 cm³/mol. The minimum atomic E-state index is -3.67. The zero-order chi connectivity index (χ0) is 15.8. The van der Waals surface area contributed by atoms with Gasteiger partial charge in [0.25, 0.3) is 0 Å². The van der Waals surface area contributed by atoms with E-state index in [0.717, 1.165) is 19.5 Å². The largest absolute Gasteiger partial charge is 0.396 e. The molecule has 0 saturated carbocycles. The highest BCUT2D eigenvalue weighted by Gasteiger charge is 2.29. The van der Waals surface area contributed by atoms with Gasteiger partial charge in [-0.2, -0.15) is 0 Å². The number of nitrogens with zero attached hydrogens (tertiary/aromatic N) is 2. The van der Waals surface area contributed by atoms with E-state index < -0.39 is 10.0 Å². The lowest BCUT2D eigenvalue weighted by molar-refractivity contribution is 0.357. The van der Waals surface area contributed by atoms with Crippen LogP contribution in [0.4, 0.5) is 5.69 Å². The molecule has 1 fully saturated rings. The summed E-state index contributed by atoms with van der Waals surface area (Å²) in [4.78, 5) is 2.19. The van der Waals surface area contributed by atoms with E-state index in [9.17, 15) is 8.42 Å². The van der Waals surface area contributed by atoms with Crippen molar-refractivity contribution >= 4 is 38.9 Å². The minimum Gasteiger partial charge on any atom is -0.396 e. The van der Waals surface area contributed by atoms with Crippen molar-refractivity contribution in [3.63, 3.8) is 0 Å². The maximum Gasteiger partial charge on any atom is 0.244 e. The van der Waals surface area contributed by atoms with Gasteiger partial charge in [0.05, 0.1) is 15.7 Å². The van der Waals surface area contributed by atoms with Crippen LogP contribution >= 0.6 is 23.2 Å². The quantitative estimate of drug-likeness (QED) is 0.844. The van der Waals surface area contributed by atoms with Crippen molar-refractivity contribution in [3.05, 3.63) is 22.2 Å². The highest BCUT2D eigenvalue weighted by atomic mass is 35.5. The second kappa shape index (κ2) is 6.30. The third-order valence-electron chi connectivity index (χ3n) is 3.78. The normalized spacial score (nSPS) is 20.3. The Morgan fingerprint density at radius 3 is 2.67 bits per heavy atom. The maximum atomic E-state index is 12.6. The zero-order valence-corrected chi connectivity index (χ0v) is 14.3. The number of anilines is 1.